The molecule has 0 unspecified atom stereocenters. The van der Waals surface area contributed by atoms with Crippen LogP contribution in [0.4, 0.5) is 0 Å². The Hall–Kier alpha value is -1.03. The number of ether oxygens (including phenoxy) is 1. The van der Waals surface area contributed by atoms with Gasteiger partial charge in [0.1, 0.15) is 12.4 Å². The van der Waals surface area contributed by atoms with Gasteiger partial charge in [0.15, 0.2) is 0 Å². The third-order valence-corrected chi connectivity index (χ3v) is 3.88. The van der Waals surface area contributed by atoms with E-state index in [-0.39, 0.29) is 0 Å². The van der Waals surface area contributed by atoms with Gasteiger partial charge in [-0.05, 0) is 48.4 Å². The summed E-state index contributed by atoms with van der Waals surface area (Å²) in [7, 11) is 0. The topological polar surface area (TPSA) is 21.3 Å². The number of hydrogen-bond acceptors (Lipinski definition) is 2. The van der Waals surface area contributed by atoms with E-state index >= 15 is 0 Å². The zero-order valence-corrected chi connectivity index (χ0v) is 14.4. The third kappa shape index (κ3) is 5.34. The Balaban J connectivity index is 1.92. The third-order valence-electron chi connectivity index (χ3n) is 3.06. The van der Waals surface area contributed by atoms with Gasteiger partial charge in [0.25, 0.3) is 0 Å². The lowest BCUT2D eigenvalue weighted by Gasteiger charge is -2.10. The monoisotopic (exact) mass is 367 g/mol. The number of benzene rings is 2. The van der Waals surface area contributed by atoms with E-state index < -0.39 is 0 Å². The summed E-state index contributed by atoms with van der Waals surface area (Å²) in [5, 5.41) is 4.01. The fraction of sp³-hybridized carbons (Fsp3) is 0.294. The standard InChI is InChI=1S/C17H19BrClNO/c1-2-9-20-11-14-5-8-17(16(19)10-14)21-12-13-3-6-15(18)7-4-13/h3-8,10,20H,2,9,11-12H2,1H3. The van der Waals surface area contributed by atoms with Gasteiger partial charge in [-0.2, -0.15) is 0 Å². The van der Waals surface area contributed by atoms with Gasteiger partial charge in [0.05, 0.1) is 5.02 Å². The summed E-state index contributed by atoms with van der Waals surface area (Å²) in [5.41, 5.74) is 2.28. The van der Waals surface area contributed by atoms with Crippen LogP contribution in [0.5, 0.6) is 5.75 Å². The average molecular weight is 369 g/mol. The average Bonchev–Trinajstić information content (AvgIpc) is 2.48. The van der Waals surface area contributed by atoms with Gasteiger partial charge in [0.2, 0.25) is 0 Å². The minimum Gasteiger partial charge on any atom is -0.487 e. The van der Waals surface area contributed by atoms with Gasteiger partial charge in [-0.1, -0.05) is 52.7 Å². The fourth-order valence-corrected chi connectivity index (χ4v) is 2.44. The molecular formula is C17H19BrClNO. The van der Waals surface area contributed by atoms with E-state index in [2.05, 4.69) is 28.2 Å². The van der Waals surface area contributed by atoms with Crippen LogP contribution in [-0.4, -0.2) is 6.54 Å². The summed E-state index contributed by atoms with van der Waals surface area (Å²) < 4.78 is 6.84. The lowest BCUT2D eigenvalue weighted by molar-refractivity contribution is 0.306. The highest BCUT2D eigenvalue weighted by molar-refractivity contribution is 9.10. The Kier molecular flexibility index (Phi) is 6.55. The molecule has 4 heteroatoms. The van der Waals surface area contributed by atoms with Crippen molar-refractivity contribution >= 4 is 27.5 Å². The highest BCUT2D eigenvalue weighted by Crippen LogP contribution is 2.26. The molecular weight excluding hydrogens is 350 g/mol. The smallest absolute Gasteiger partial charge is 0.138 e. The molecule has 0 spiro atoms. The van der Waals surface area contributed by atoms with E-state index in [9.17, 15) is 0 Å². The van der Waals surface area contributed by atoms with Crippen molar-refractivity contribution < 1.29 is 4.74 Å². The van der Waals surface area contributed by atoms with Crippen LogP contribution in [0.2, 0.25) is 5.02 Å². The van der Waals surface area contributed by atoms with E-state index in [1.807, 2.05) is 42.5 Å². The lowest BCUT2D eigenvalue weighted by atomic mass is 10.2. The maximum Gasteiger partial charge on any atom is 0.138 e. The first kappa shape index (κ1) is 16.3. The molecule has 0 amide bonds. The molecule has 0 atom stereocenters. The summed E-state index contributed by atoms with van der Waals surface area (Å²) >= 11 is 9.69. The van der Waals surface area contributed by atoms with Gasteiger partial charge in [0, 0.05) is 11.0 Å². The van der Waals surface area contributed by atoms with Gasteiger partial charge in [-0.15, -0.1) is 0 Å². The Morgan fingerprint density at radius 2 is 1.81 bits per heavy atom. The highest BCUT2D eigenvalue weighted by atomic mass is 79.9. The minimum atomic E-state index is 0.514. The first-order valence-electron chi connectivity index (χ1n) is 7.05. The Morgan fingerprint density at radius 3 is 2.48 bits per heavy atom. The van der Waals surface area contributed by atoms with Crippen molar-refractivity contribution in [3.8, 4) is 5.75 Å². The van der Waals surface area contributed by atoms with E-state index in [1.165, 1.54) is 5.56 Å². The summed E-state index contributed by atoms with van der Waals surface area (Å²) in [5.74, 6) is 0.721. The van der Waals surface area contributed by atoms with Crippen LogP contribution in [0.15, 0.2) is 46.9 Å². The molecule has 0 aliphatic rings. The quantitative estimate of drug-likeness (QED) is 0.680. The summed E-state index contributed by atoms with van der Waals surface area (Å²) in [6.45, 7) is 4.51. The van der Waals surface area contributed by atoms with Gasteiger partial charge in [-0.3, -0.25) is 0 Å². The molecule has 2 nitrogen and oxygen atoms in total. The maximum atomic E-state index is 6.27. The minimum absolute atomic E-state index is 0.514. The second-order valence-electron chi connectivity index (χ2n) is 4.86. The normalized spacial score (nSPS) is 10.6. The van der Waals surface area contributed by atoms with Gasteiger partial charge >= 0.3 is 0 Å². The molecule has 2 aromatic carbocycles. The number of halogens is 2. The van der Waals surface area contributed by atoms with E-state index in [0.717, 1.165) is 35.3 Å². The second-order valence-corrected chi connectivity index (χ2v) is 6.18. The predicted octanol–water partition coefficient (Wildman–Crippen LogP) is 5.18. The highest BCUT2D eigenvalue weighted by Gasteiger charge is 2.04. The van der Waals surface area contributed by atoms with Crippen LogP contribution < -0.4 is 10.1 Å². The summed E-state index contributed by atoms with van der Waals surface area (Å²) in [6.07, 6.45) is 1.13. The van der Waals surface area contributed by atoms with Gasteiger partial charge < -0.3 is 10.1 Å². The van der Waals surface area contributed by atoms with E-state index in [4.69, 9.17) is 16.3 Å². The molecule has 2 rings (SSSR count). The summed E-state index contributed by atoms with van der Waals surface area (Å²) in [4.78, 5) is 0. The van der Waals surface area contributed by atoms with Crippen LogP contribution in [0.25, 0.3) is 0 Å². The van der Waals surface area contributed by atoms with Crippen molar-refractivity contribution in [2.75, 3.05) is 6.54 Å². The fourth-order valence-electron chi connectivity index (χ4n) is 1.92. The molecule has 112 valence electrons. The van der Waals surface area contributed by atoms with Crippen molar-refractivity contribution in [2.24, 2.45) is 0 Å². The van der Waals surface area contributed by atoms with Crippen LogP contribution in [0, 0.1) is 0 Å². The van der Waals surface area contributed by atoms with E-state index in [0.29, 0.717) is 11.6 Å². The molecule has 0 aliphatic heterocycles. The number of nitrogens with one attached hydrogen (secondary N) is 1. The second kappa shape index (κ2) is 8.42. The number of rotatable bonds is 7. The lowest BCUT2D eigenvalue weighted by Crippen LogP contribution is -2.13. The maximum absolute atomic E-state index is 6.27. The molecule has 0 fully saturated rings. The molecule has 2 aromatic rings. The van der Waals surface area contributed by atoms with Crippen molar-refractivity contribution in [3.63, 3.8) is 0 Å². The Labute approximate surface area is 139 Å². The van der Waals surface area contributed by atoms with Crippen molar-refractivity contribution in [1.29, 1.82) is 0 Å². The Morgan fingerprint density at radius 1 is 1.10 bits per heavy atom. The van der Waals surface area contributed by atoms with Crippen molar-refractivity contribution in [2.45, 2.75) is 26.5 Å². The molecule has 0 saturated heterocycles. The predicted molar refractivity (Wildman–Crippen MR) is 91.9 cm³/mol. The zero-order valence-electron chi connectivity index (χ0n) is 12.0. The molecule has 0 radical (unpaired) electrons. The zero-order chi connectivity index (χ0) is 15.1. The van der Waals surface area contributed by atoms with Crippen LogP contribution >= 0.6 is 27.5 Å². The molecule has 1 N–H and O–H groups in total. The van der Waals surface area contributed by atoms with E-state index in [1.54, 1.807) is 0 Å². The Bertz CT molecular complexity index is 572. The van der Waals surface area contributed by atoms with Gasteiger partial charge in [-0.25, -0.2) is 0 Å². The molecule has 21 heavy (non-hydrogen) atoms. The molecule has 0 aliphatic carbocycles. The first-order valence-corrected chi connectivity index (χ1v) is 8.22. The van der Waals surface area contributed by atoms with Crippen LogP contribution in [-0.2, 0) is 13.2 Å². The van der Waals surface area contributed by atoms with Crippen molar-refractivity contribution in [1.82, 2.24) is 5.32 Å². The molecule has 0 aromatic heterocycles. The molecule has 0 saturated carbocycles. The molecule has 0 bridgehead atoms. The first-order chi connectivity index (χ1) is 10.2. The van der Waals surface area contributed by atoms with Crippen molar-refractivity contribution in [3.05, 3.63) is 63.1 Å². The molecule has 0 heterocycles. The van der Waals surface area contributed by atoms with Crippen LogP contribution in [0.3, 0.4) is 0 Å². The summed E-state index contributed by atoms with van der Waals surface area (Å²) in [6, 6.07) is 14.0. The van der Waals surface area contributed by atoms with Crippen LogP contribution in [0.1, 0.15) is 24.5 Å². The SMILES string of the molecule is CCCNCc1ccc(OCc2ccc(Br)cc2)c(Cl)c1. The largest absolute Gasteiger partial charge is 0.487 e. The number of hydrogen-bond donors (Lipinski definition) is 1.